The van der Waals surface area contributed by atoms with Gasteiger partial charge in [-0.1, -0.05) is 31.2 Å². The fraction of sp³-hybridized carbons (Fsp3) is 0.533. The van der Waals surface area contributed by atoms with Crippen molar-refractivity contribution in [2.75, 3.05) is 6.54 Å². The molecule has 3 heteroatoms. The van der Waals surface area contributed by atoms with Gasteiger partial charge in [-0.05, 0) is 37.8 Å². The maximum atomic E-state index is 12.2. The highest BCUT2D eigenvalue weighted by molar-refractivity contribution is 5.75. The molecular formula is C15H22N2O. The Kier molecular flexibility index (Phi) is 3.60. The van der Waals surface area contributed by atoms with Crippen LogP contribution in [0.1, 0.15) is 38.3 Å². The second kappa shape index (κ2) is 5.01. The number of nitrogens with one attached hydrogen (secondary N) is 1. The van der Waals surface area contributed by atoms with Crippen LogP contribution in [0.5, 0.6) is 0 Å². The smallest absolute Gasteiger partial charge is 0.318 e. The fourth-order valence-electron chi connectivity index (χ4n) is 2.50. The van der Waals surface area contributed by atoms with Crippen LogP contribution in [0.25, 0.3) is 0 Å². The van der Waals surface area contributed by atoms with Crippen LogP contribution in [0.3, 0.4) is 0 Å². The van der Waals surface area contributed by atoms with Crippen molar-refractivity contribution in [1.82, 2.24) is 10.2 Å². The molecule has 1 heterocycles. The summed E-state index contributed by atoms with van der Waals surface area (Å²) in [4.78, 5) is 14.1. The Morgan fingerprint density at radius 3 is 2.67 bits per heavy atom. The number of amides is 2. The second-order valence-electron chi connectivity index (χ2n) is 5.58. The Balaban J connectivity index is 2.19. The van der Waals surface area contributed by atoms with Crippen LogP contribution in [0.2, 0.25) is 0 Å². The van der Waals surface area contributed by atoms with Crippen molar-refractivity contribution in [2.45, 2.75) is 45.7 Å². The molecule has 3 nitrogen and oxygen atoms in total. The van der Waals surface area contributed by atoms with Gasteiger partial charge in [-0.3, -0.25) is 0 Å². The summed E-state index contributed by atoms with van der Waals surface area (Å²) in [5.74, 6) is 0. The van der Waals surface area contributed by atoms with Gasteiger partial charge >= 0.3 is 6.03 Å². The minimum Gasteiger partial charge on any atom is -0.338 e. The molecule has 0 saturated heterocycles. The Morgan fingerprint density at radius 2 is 2.00 bits per heavy atom. The average Bonchev–Trinajstić information content (AvgIpc) is 2.34. The van der Waals surface area contributed by atoms with Crippen LogP contribution in [-0.2, 0) is 13.0 Å². The highest BCUT2D eigenvalue weighted by Gasteiger charge is 2.35. The van der Waals surface area contributed by atoms with E-state index in [0.29, 0.717) is 6.54 Å². The van der Waals surface area contributed by atoms with E-state index in [9.17, 15) is 4.79 Å². The van der Waals surface area contributed by atoms with Gasteiger partial charge in [-0.2, -0.15) is 0 Å². The summed E-state index contributed by atoms with van der Waals surface area (Å²) in [7, 11) is 0. The quantitative estimate of drug-likeness (QED) is 0.855. The molecule has 0 radical (unpaired) electrons. The summed E-state index contributed by atoms with van der Waals surface area (Å²) < 4.78 is 0. The first-order valence-electron chi connectivity index (χ1n) is 6.67. The number of benzene rings is 1. The molecule has 0 unspecified atom stereocenters. The largest absolute Gasteiger partial charge is 0.338 e. The lowest BCUT2D eigenvalue weighted by Crippen LogP contribution is -2.54. The summed E-state index contributed by atoms with van der Waals surface area (Å²) in [5, 5.41) is 2.98. The Morgan fingerprint density at radius 1 is 1.33 bits per heavy atom. The Labute approximate surface area is 109 Å². The number of hydrogen-bond acceptors (Lipinski definition) is 1. The molecule has 0 atom stereocenters. The number of hydrogen-bond donors (Lipinski definition) is 1. The number of nitrogens with zero attached hydrogens (tertiary/aromatic N) is 1. The zero-order valence-corrected chi connectivity index (χ0v) is 11.5. The third kappa shape index (κ3) is 2.50. The molecule has 2 rings (SSSR count). The predicted octanol–water partition coefficient (Wildman–Crippen LogP) is 2.94. The molecule has 1 N–H and O–H groups in total. The van der Waals surface area contributed by atoms with E-state index in [-0.39, 0.29) is 11.6 Å². The summed E-state index contributed by atoms with van der Waals surface area (Å²) in [6.45, 7) is 7.78. The van der Waals surface area contributed by atoms with Gasteiger partial charge in [0.05, 0.1) is 0 Å². The lowest BCUT2D eigenvalue weighted by molar-refractivity contribution is 0.119. The summed E-state index contributed by atoms with van der Waals surface area (Å²) >= 11 is 0. The molecule has 0 aromatic heterocycles. The number of fused-ring (bicyclic) bond motifs is 1. The number of rotatable bonds is 2. The first kappa shape index (κ1) is 12.9. The molecule has 18 heavy (non-hydrogen) atoms. The maximum absolute atomic E-state index is 12.2. The molecule has 0 bridgehead atoms. The number of carbonyl (C=O) groups is 1. The SMILES string of the molecule is CCCNC(=O)N1Cc2ccccc2CC1(C)C. The van der Waals surface area contributed by atoms with E-state index in [1.807, 2.05) is 11.0 Å². The highest BCUT2D eigenvalue weighted by atomic mass is 16.2. The molecule has 1 aromatic carbocycles. The van der Waals surface area contributed by atoms with Crippen molar-refractivity contribution >= 4 is 6.03 Å². The van der Waals surface area contributed by atoms with E-state index < -0.39 is 0 Å². The van der Waals surface area contributed by atoms with Gasteiger partial charge in [0, 0.05) is 18.6 Å². The lowest BCUT2D eigenvalue weighted by atomic mass is 9.86. The molecule has 0 spiro atoms. The van der Waals surface area contributed by atoms with Crippen LogP contribution >= 0.6 is 0 Å². The van der Waals surface area contributed by atoms with E-state index in [1.165, 1.54) is 11.1 Å². The average molecular weight is 246 g/mol. The first-order chi connectivity index (χ1) is 8.54. The summed E-state index contributed by atoms with van der Waals surface area (Å²) in [5.41, 5.74) is 2.51. The Hall–Kier alpha value is -1.51. The molecular weight excluding hydrogens is 224 g/mol. The minimum atomic E-state index is -0.119. The predicted molar refractivity (Wildman–Crippen MR) is 73.5 cm³/mol. The van der Waals surface area contributed by atoms with Gasteiger partial charge in [0.2, 0.25) is 0 Å². The lowest BCUT2D eigenvalue weighted by Gasteiger charge is -2.43. The van der Waals surface area contributed by atoms with E-state index in [1.54, 1.807) is 0 Å². The molecule has 0 aliphatic carbocycles. The number of urea groups is 1. The summed E-state index contributed by atoms with van der Waals surface area (Å²) in [6, 6.07) is 8.45. The third-order valence-corrected chi connectivity index (χ3v) is 3.57. The van der Waals surface area contributed by atoms with E-state index in [0.717, 1.165) is 19.4 Å². The van der Waals surface area contributed by atoms with E-state index >= 15 is 0 Å². The molecule has 1 aromatic rings. The molecule has 98 valence electrons. The molecule has 0 fully saturated rings. The normalized spacial score (nSPS) is 17.2. The molecule has 1 aliphatic rings. The van der Waals surface area contributed by atoms with Gasteiger partial charge < -0.3 is 10.2 Å². The van der Waals surface area contributed by atoms with Crippen molar-refractivity contribution < 1.29 is 4.79 Å². The topological polar surface area (TPSA) is 32.3 Å². The van der Waals surface area contributed by atoms with Gasteiger partial charge in [-0.25, -0.2) is 4.79 Å². The van der Waals surface area contributed by atoms with Crippen molar-refractivity contribution in [3.63, 3.8) is 0 Å². The van der Waals surface area contributed by atoms with Crippen molar-refractivity contribution in [3.8, 4) is 0 Å². The molecule has 1 aliphatic heterocycles. The monoisotopic (exact) mass is 246 g/mol. The van der Waals surface area contributed by atoms with Crippen LogP contribution in [0.15, 0.2) is 24.3 Å². The fourth-order valence-corrected chi connectivity index (χ4v) is 2.50. The van der Waals surface area contributed by atoms with Crippen LogP contribution in [0.4, 0.5) is 4.79 Å². The van der Waals surface area contributed by atoms with Crippen LogP contribution in [-0.4, -0.2) is 23.0 Å². The minimum absolute atomic E-state index is 0.0522. The van der Waals surface area contributed by atoms with E-state index in [4.69, 9.17) is 0 Å². The van der Waals surface area contributed by atoms with Crippen molar-refractivity contribution in [3.05, 3.63) is 35.4 Å². The second-order valence-corrected chi connectivity index (χ2v) is 5.58. The van der Waals surface area contributed by atoms with Gasteiger partial charge in [0.15, 0.2) is 0 Å². The van der Waals surface area contributed by atoms with Gasteiger partial charge in [0.25, 0.3) is 0 Å². The van der Waals surface area contributed by atoms with E-state index in [2.05, 4.69) is 44.3 Å². The van der Waals surface area contributed by atoms with Crippen molar-refractivity contribution in [2.24, 2.45) is 0 Å². The third-order valence-electron chi connectivity index (χ3n) is 3.57. The first-order valence-corrected chi connectivity index (χ1v) is 6.67. The molecule has 0 saturated carbocycles. The van der Waals surface area contributed by atoms with Crippen molar-refractivity contribution in [1.29, 1.82) is 0 Å². The Bertz CT molecular complexity index is 440. The number of carbonyl (C=O) groups excluding carboxylic acids is 1. The zero-order chi connectivity index (χ0) is 13.2. The molecule has 2 amide bonds. The van der Waals surface area contributed by atoms with Crippen LogP contribution < -0.4 is 5.32 Å². The highest BCUT2D eigenvalue weighted by Crippen LogP contribution is 2.30. The zero-order valence-electron chi connectivity index (χ0n) is 11.5. The van der Waals surface area contributed by atoms with Crippen LogP contribution in [0, 0.1) is 0 Å². The standard InChI is InChI=1S/C15H22N2O/c1-4-9-16-14(18)17-11-13-8-6-5-7-12(13)10-15(17,2)3/h5-8H,4,9-11H2,1-3H3,(H,16,18). The van der Waals surface area contributed by atoms with Gasteiger partial charge in [0.1, 0.15) is 0 Å². The maximum Gasteiger partial charge on any atom is 0.318 e. The van der Waals surface area contributed by atoms with Gasteiger partial charge in [-0.15, -0.1) is 0 Å². The summed E-state index contributed by atoms with van der Waals surface area (Å²) in [6.07, 6.45) is 1.89.